The average molecular weight is 404 g/mol. The van der Waals surface area contributed by atoms with Crippen LogP contribution in [0.5, 0.6) is 0 Å². The van der Waals surface area contributed by atoms with Gasteiger partial charge in [0.2, 0.25) is 0 Å². The van der Waals surface area contributed by atoms with Crippen molar-refractivity contribution in [1.82, 2.24) is 4.98 Å². The van der Waals surface area contributed by atoms with Gasteiger partial charge in [-0.05, 0) is 0 Å². The number of aromatic nitrogens is 1. The molecule has 0 atom stereocenters. The molecule has 0 aliphatic heterocycles. The summed E-state index contributed by atoms with van der Waals surface area (Å²) < 4.78 is 23.7. The Kier molecular flexibility index (Phi) is 38.6. The zero-order chi connectivity index (χ0) is 16.2. The second-order valence-corrected chi connectivity index (χ2v) is 3.81. The minimum absolute atomic E-state index is 0. The Bertz CT molecular complexity index is 238. The van der Waals surface area contributed by atoms with E-state index in [4.69, 9.17) is 0 Å². The monoisotopic (exact) mass is 405 g/mol. The molecule has 8 radical (unpaired) electrons. The van der Waals surface area contributed by atoms with Crippen LogP contribution in [-0.4, -0.2) is 28.9 Å². The molecular formula is C17H29F2NSn. The van der Waals surface area contributed by atoms with Crippen LogP contribution in [0.2, 0.25) is 0 Å². The van der Waals surface area contributed by atoms with E-state index in [1.54, 1.807) is 0 Å². The molecule has 1 aromatic rings. The first-order valence-corrected chi connectivity index (χ1v) is 7.10. The van der Waals surface area contributed by atoms with Gasteiger partial charge in [-0.25, -0.2) is 13.8 Å². The van der Waals surface area contributed by atoms with Gasteiger partial charge in [0.15, 0.2) is 5.82 Å². The summed E-state index contributed by atoms with van der Waals surface area (Å²) in [6.07, 6.45) is 9.64. The third-order valence-corrected chi connectivity index (χ3v) is 1.68. The molecule has 1 nitrogen and oxygen atoms in total. The Morgan fingerprint density at radius 3 is 1.43 bits per heavy atom. The first kappa shape index (κ1) is 28.9. The third-order valence-electron chi connectivity index (χ3n) is 1.68. The van der Waals surface area contributed by atoms with Gasteiger partial charge in [0, 0.05) is 30.0 Å². The van der Waals surface area contributed by atoms with Gasteiger partial charge in [-0.3, -0.25) is 0 Å². The van der Waals surface area contributed by atoms with Gasteiger partial charge < -0.3 is 0 Å². The number of hydrogen-bond acceptors (Lipinski definition) is 1. The van der Waals surface area contributed by atoms with Crippen molar-refractivity contribution in [1.29, 1.82) is 0 Å². The van der Waals surface area contributed by atoms with E-state index in [0.29, 0.717) is 6.07 Å². The molecule has 1 rings (SSSR count). The van der Waals surface area contributed by atoms with E-state index in [2.05, 4.69) is 46.5 Å². The molecular weight excluding hydrogens is 375 g/mol. The summed E-state index contributed by atoms with van der Waals surface area (Å²) in [5.74, 6) is -1.45. The largest absolute Gasteiger partial charge is 0.248 e. The van der Waals surface area contributed by atoms with Gasteiger partial charge in [0.1, 0.15) is 12.0 Å². The molecule has 0 aromatic carbocycles. The minimum atomic E-state index is -0.773. The van der Waals surface area contributed by atoms with Gasteiger partial charge in [0.25, 0.3) is 0 Å². The molecule has 0 saturated carbocycles. The Hall–Kier alpha value is -0.191. The maximum absolute atomic E-state index is 11.8. The third kappa shape index (κ3) is 38.3. The van der Waals surface area contributed by atoms with Crippen LogP contribution in [0.1, 0.15) is 59.3 Å². The number of pyridine rings is 1. The molecule has 0 amide bonds. The molecule has 0 N–H and O–H groups in total. The van der Waals surface area contributed by atoms with Crippen LogP contribution in [-0.2, 0) is 0 Å². The number of rotatable bonds is 3. The smallest absolute Gasteiger partial charge is 0.154 e. The van der Waals surface area contributed by atoms with E-state index in [1.165, 1.54) is 19.3 Å². The van der Waals surface area contributed by atoms with Crippen LogP contribution in [0.4, 0.5) is 8.78 Å². The summed E-state index contributed by atoms with van der Waals surface area (Å²) in [6.45, 7) is 17.2. The van der Waals surface area contributed by atoms with Gasteiger partial charge in [-0.2, -0.15) is 0 Å². The Morgan fingerprint density at radius 1 is 0.952 bits per heavy atom. The fraction of sp³-hybridized carbons (Fsp3) is 0.529. The normalized spacial score (nSPS) is 7.81. The Balaban J connectivity index is -0.0000000973. The van der Waals surface area contributed by atoms with E-state index in [0.717, 1.165) is 25.5 Å². The predicted molar refractivity (Wildman–Crippen MR) is 89.5 cm³/mol. The summed E-state index contributed by atoms with van der Waals surface area (Å²) in [4.78, 5) is 3.11. The van der Waals surface area contributed by atoms with Crippen molar-refractivity contribution in [3.8, 4) is 0 Å². The van der Waals surface area contributed by atoms with Crippen molar-refractivity contribution in [3.05, 3.63) is 50.9 Å². The molecule has 1 heterocycles. The van der Waals surface area contributed by atoms with Crippen LogP contribution in [0.15, 0.2) is 12.3 Å². The molecule has 1 aromatic heterocycles. The zero-order valence-corrected chi connectivity index (χ0v) is 16.6. The summed E-state index contributed by atoms with van der Waals surface area (Å²) >= 11 is 0. The molecule has 0 bridgehead atoms. The van der Waals surface area contributed by atoms with Crippen LogP contribution >= 0.6 is 0 Å². The molecule has 0 saturated heterocycles. The fourth-order valence-electron chi connectivity index (χ4n) is 0.346. The maximum Gasteiger partial charge on any atom is 0.154 e. The maximum atomic E-state index is 11.8. The van der Waals surface area contributed by atoms with E-state index in [-0.39, 0.29) is 23.9 Å². The average Bonchev–Trinajstić information content (AvgIpc) is 2.47. The molecule has 4 heteroatoms. The quantitative estimate of drug-likeness (QED) is 0.595. The molecule has 0 spiro atoms. The standard InChI is InChI=1S/C5H2F2N.3C4H9.Sn/c6-4-1-5(7)3-8-2-4;3*1-3-4-2;/h1-2H;3*1,3-4H2,2H3;. The van der Waals surface area contributed by atoms with E-state index < -0.39 is 11.6 Å². The molecule has 21 heavy (non-hydrogen) atoms. The van der Waals surface area contributed by atoms with Crippen molar-refractivity contribution >= 4 is 23.9 Å². The van der Waals surface area contributed by atoms with Crippen molar-refractivity contribution in [2.75, 3.05) is 0 Å². The van der Waals surface area contributed by atoms with Gasteiger partial charge in [-0.15, -0.1) is 0 Å². The molecule has 0 aliphatic carbocycles. The second-order valence-electron chi connectivity index (χ2n) is 3.81. The molecule has 0 unspecified atom stereocenters. The van der Waals surface area contributed by atoms with Crippen LogP contribution in [0, 0.1) is 38.6 Å². The first-order chi connectivity index (χ1) is 9.53. The van der Waals surface area contributed by atoms with Gasteiger partial charge in [0.05, 0.1) is 6.20 Å². The van der Waals surface area contributed by atoms with Crippen LogP contribution < -0.4 is 0 Å². The van der Waals surface area contributed by atoms with Crippen molar-refractivity contribution in [3.63, 3.8) is 0 Å². The van der Waals surface area contributed by atoms with Crippen molar-refractivity contribution in [2.45, 2.75) is 59.3 Å². The Labute approximate surface area is 147 Å². The second kappa shape index (κ2) is 28.0. The summed E-state index contributed by atoms with van der Waals surface area (Å²) in [6, 6.07) is 0.715. The summed E-state index contributed by atoms with van der Waals surface area (Å²) in [5.41, 5.74) is 0. The summed E-state index contributed by atoms with van der Waals surface area (Å²) in [7, 11) is 0. The number of unbranched alkanes of at least 4 members (excludes halogenated alkanes) is 3. The molecule has 120 valence electrons. The minimum Gasteiger partial charge on any atom is -0.248 e. The van der Waals surface area contributed by atoms with Crippen molar-refractivity contribution < 1.29 is 8.78 Å². The van der Waals surface area contributed by atoms with E-state index in [1.807, 2.05) is 6.20 Å². The van der Waals surface area contributed by atoms with Crippen molar-refractivity contribution in [2.24, 2.45) is 0 Å². The van der Waals surface area contributed by atoms with E-state index >= 15 is 0 Å². The number of hydrogen-bond donors (Lipinski definition) is 0. The van der Waals surface area contributed by atoms with Gasteiger partial charge in [-0.1, -0.05) is 80.1 Å². The number of nitrogens with zero attached hydrogens (tertiary/aromatic N) is 1. The van der Waals surface area contributed by atoms with Crippen LogP contribution in [0.25, 0.3) is 0 Å². The summed E-state index contributed by atoms with van der Waals surface area (Å²) in [5, 5.41) is 0. The molecule has 0 aliphatic rings. The Morgan fingerprint density at radius 2 is 1.29 bits per heavy atom. The van der Waals surface area contributed by atoms with Gasteiger partial charge >= 0.3 is 0 Å². The van der Waals surface area contributed by atoms with E-state index in [9.17, 15) is 8.78 Å². The SMILES string of the molecule is Fc1[c]ncc(F)c1.[CH2]CCC.[CH2]CCC.[CH2]CCC.[Sn]. The number of halogens is 2. The first-order valence-electron chi connectivity index (χ1n) is 7.10. The van der Waals surface area contributed by atoms with Crippen LogP contribution in [0.3, 0.4) is 0 Å². The zero-order valence-electron chi connectivity index (χ0n) is 13.7. The topological polar surface area (TPSA) is 12.9 Å². The molecule has 0 fully saturated rings. The fourth-order valence-corrected chi connectivity index (χ4v) is 0.346. The predicted octanol–water partition coefficient (Wildman–Crippen LogP) is 5.64.